The molecule has 6 rings (SSSR count). The molecule has 0 heterocycles. The van der Waals surface area contributed by atoms with Gasteiger partial charge in [-0.2, -0.15) is 0 Å². The van der Waals surface area contributed by atoms with E-state index in [0.29, 0.717) is 0 Å². The van der Waals surface area contributed by atoms with Gasteiger partial charge in [0.1, 0.15) is 0 Å². The number of benzene rings is 6. The quantitative estimate of drug-likeness (QED) is 0.0760. The molecule has 0 aliphatic carbocycles. The van der Waals surface area contributed by atoms with E-state index < -0.39 is 23.8 Å². The standard InChI is InChI=1S/C42H42NP3.BrH.Cu/c1-7-19-37(20-8-1)44(38-21-9-2-10-22-38)34-31-43(32-35-45(39-23-11-3-12-24-39)40-25-13-4-14-26-40)33-36-46(41-27-15-5-16-28-41)42-29-17-6-18-30-42;;/h1-30H,31-36H2;1H;/q;;+1/p+2. The molecule has 48 heavy (non-hydrogen) atoms. The maximum absolute atomic E-state index is 4.00. The Kier molecular flexibility index (Phi) is 16.1. The summed E-state index contributed by atoms with van der Waals surface area (Å²) >= 11 is 6.50. The van der Waals surface area contributed by atoms with Crippen LogP contribution in [0.25, 0.3) is 0 Å². The summed E-state index contributed by atoms with van der Waals surface area (Å²) < 4.78 is 0. The van der Waals surface area contributed by atoms with E-state index in [-0.39, 0.29) is 0 Å². The van der Waals surface area contributed by atoms with E-state index in [1.807, 2.05) is 0 Å². The molecule has 0 atom stereocenters. The first-order chi connectivity index (χ1) is 23.8. The molecule has 0 aromatic heterocycles. The summed E-state index contributed by atoms with van der Waals surface area (Å²) in [5.74, 6) is 0. The van der Waals surface area contributed by atoms with E-state index in [2.05, 4.69) is 215 Å². The maximum Gasteiger partial charge on any atom is 0.0967 e. The van der Waals surface area contributed by atoms with Crippen LogP contribution >= 0.6 is 37.9 Å². The van der Waals surface area contributed by atoms with E-state index >= 15 is 0 Å². The van der Waals surface area contributed by atoms with Crippen LogP contribution < -0.4 is 31.8 Å². The molecule has 0 saturated heterocycles. The normalized spacial score (nSPS) is 11.1. The molecule has 0 aliphatic rings. The van der Waals surface area contributed by atoms with E-state index in [1.165, 1.54) is 50.3 Å². The second-order valence-electron chi connectivity index (χ2n) is 11.7. The van der Waals surface area contributed by atoms with Crippen molar-refractivity contribution in [2.45, 2.75) is 0 Å². The Bertz CT molecular complexity index is 1370. The van der Waals surface area contributed by atoms with Crippen molar-refractivity contribution in [1.29, 1.82) is 0 Å². The summed E-state index contributed by atoms with van der Waals surface area (Å²) in [4.78, 5) is 2.82. The smallest absolute Gasteiger partial charge is 0.0967 e. The van der Waals surface area contributed by atoms with Crippen molar-refractivity contribution >= 4 is 69.7 Å². The predicted molar refractivity (Wildman–Crippen MR) is 221 cm³/mol. The fourth-order valence-corrected chi connectivity index (χ4v) is 14.3. The number of halogens is 1. The minimum absolute atomic E-state index is 0.902. The molecule has 6 aromatic rings. The van der Waals surface area contributed by atoms with E-state index in [4.69, 9.17) is 0 Å². The Morgan fingerprint density at radius 3 is 0.646 bits per heavy atom. The molecule has 0 aliphatic heterocycles. The van der Waals surface area contributed by atoms with E-state index in [9.17, 15) is 0 Å². The molecular weight excluding hydrogens is 755 g/mol. The minimum atomic E-state index is -0.902. The minimum Gasteiger partial charge on any atom is -0.292 e. The zero-order valence-electron chi connectivity index (χ0n) is 27.2. The number of hydrogen-bond acceptors (Lipinski definition) is 1. The van der Waals surface area contributed by atoms with Crippen molar-refractivity contribution in [2.75, 3.05) is 38.1 Å². The molecular formula is C42H45BrCuNP3+3. The van der Waals surface area contributed by atoms with Gasteiger partial charge < -0.3 is 0 Å². The summed E-state index contributed by atoms with van der Waals surface area (Å²) in [6, 6.07) is 67.6. The second kappa shape index (κ2) is 20.9. The van der Waals surface area contributed by atoms with Crippen LogP contribution in [0.2, 0.25) is 0 Å². The molecule has 0 spiro atoms. The Labute approximate surface area is 307 Å². The Morgan fingerprint density at radius 2 is 0.479 bits per heavy atom. The van der Waals surface area contributed by atoms with Gasteiger partial charge in [0.05, 0.1) is 74.1 Å². The number of nitrogens with zero attached hydrogens (tertiary/aromatic N) is 1. The van der Waals surface area contributed by atoms with E-state index in [0.717, 1.165) is 19.6 Å². The molecule has 0 saturated carbocycles. The van der Waals surface area contributed by atoms with Gasteiger partial charge in [0.2, 0.25) is 0 Å². The molecule has 0 radical (unpaired) electrons. The van der Waals surface area contributed by atoms with Crippen LogP contribution in [0.15, 0.2) is 182 Å². The Hall–Kier alpha value is -2.43. The fraction of sp³-hybridized carbons (Fsp3) is 0.143. The van der Waals surface area contributed by atoms with Crippen LogP contribution in [0, 0.1) is 0 Å². The summed E-state index contributed by atoms with van der Waals surface area (Å²) in [7, 11) is -2.71. The average Bonchev–Trinajstić information content (AvgIpc) is 3.18. The third-order valence-electron chi connectivity index (χ3n) is 8.77. The molecule has 248 valence electrons. The van der Waals surface area contributed by atoms with Crippen LogP contribution in [0.5, 0.6) is 0 Å². The number of rotatable bonds is 15. The van der Waals surface area contributed by atoms with Crippen LogP contribution in [0.3, 0.4) is 0 Å². The SMILES string of the molecule is [Cu][Br].c1ccc([PH+](CCN(CC[PH+](c2ccccc2)c2ccccc2)CC[PH+](c2ccccc2)c2ccccc2)c2ccccc2)cc1. The van der Waals surface area contributed by atoms with Crippen LogP contribution in [0.1, 0.15) is 0 Å². The van der Waals surface area contributed by atoms with Crippen LogP contribution in [-0.4, -0.2) is 43.0 Å². The first-order valence-electron chi connectivity index (χ1n) is 16.6. The molecule has 6 heteroatoms. The molecule has 1 nitrogen and oxygen atoms in total. The van der Waals surface area contributed by atoms with Crippen LogP contribution in [-0.2, 0) is 14.2 Å². The first kappa shape index (κ1) is 36.8. The summed E-state index contributed by atoms with van der Waals surface area (Å²) in [5.41, 5.74) is 0. The monoisotopic (exact) mass is 798 g/mol. The van der Waals surface area contributed by atoms with Crippen molar-refractivity contribution in [2.24, 2.45) is 0 Å². The van der Waals surface area contributed by atoms with Crippen LogP contribution in [0.4, 0.5) is 0 Å². The number of hydrogen-bond donors (Lipinski definition) is 0. The Morgan fingerprint density at radius 1 is 0.312 bits per heavy atom. The van der Waals surface area contributed by atoms with Gasteiger partial charge in [0.15, 0.2) is 0 Å². The van der Waals surface area contributed by atoms with Gasteiger partial charge in [0, 0.05) is 19.6 Å². The Balaban J connectivity index is 0.00000221. The maximum atomic E-state index is 4.00. The predicted octanol–water partition coefficient (Wildman–Crippen LogP) is 7.73. The van der Waals surface area contributed by atoms with Crippen molar-refractivity contribution in [3.8, 4) is 0 Å². The zero-order valence-corrected chi connectivity index (χ0v) is 32.7. The molecule has 0 amide bonds. The van der Waals surface area contributed by atoms with Gasteiger partial charge in [-0.3, -0.25) is 4.90 Å². The van der Waals surface area contributed by atoms with Crippen molar-refractivity contribution in [3.05, 3.63) is 182 Å². The van der Waals surface area contributed by atoms with Crippen molar-refractivity contribution < 1.29 is 14.2 Å². The van der Waals surface area contributed by atoms with Crippen molar-refractivity contribution in [3.63, 3.8) is 0 Å². The molecule has 0 N–H and O–H groups in total. The van der Waals surface area contributed by atoms with Gasteiger partial charge in [0.25, 0.3) is 0 Å². The topological polar surface area (TPSA) is 3.24 Å². The third kappa shape index (κ3) is 11.0. The van der Waals surface area contributed by atoms with Gasteiger partial charge in [-0.1, -0.05) is 109 Å². The van der Waals surface area contributed by atoms with Gasteiger partial charge in [-0.05, 0) is 72.8 Å². The van der Waals surface area contributed by atoms with Gasteiger partial charge in [-0.15, -0.1) is 0 Å². The molecule has 0 bridgehead atoms. The largest absolute Gasteiger partial charge is 0.292 e. The summed E-state index contributed by atoms with van der Waals surface area (Å²) in [6.45, 7) is 3.36. The summed E-state index contributed by atoms with van der Waals surface area (Å²) in [5, 5.41) is 9.06. The first-order valence-corrected chi connectivity index (χ1v) is 24.0. The average molecular weight is 800 g/mol. The molecule has 6 aromatic carbocycles. The van der Waals surface area contributed by atoms with Gasteiger partial charge >= 0.3 is 28.3 Å². The third-order valence-corrected chi connectivity index (χ3v) is 17.1. The summed E-state index contributed by atoms with van der Waals surface area (Å²) in [6.07, 6.45) is 3.61. The fourth-order valence-electron chi connectivity index (χ4n) is 6.35. The van der Waals surface area contributed by atoms with E-state index in [1.54, 1.807) is 0 Å². The molecule has 0 unspecified atom stereocenters. The zero-order chi connectivity index (χ0) is 33.2. The van der Waals surface area contributed by atoms with Gasteiger partial charge in [-0.25, -0.2) is 0 Å². The second-order valence-corrected chi connectivity index (χ2v) is 19.6. The molecule has 0 fully saturated rings. The van der Waals surface area contributed by atoms with Crippen molar-refractivity contribution in [1.82, 2.24) is 4.90 Å².